The molecule has 0 unspecified atom stereocenters. The van der Waals surface area contributed by atoms with Crippen molar-refractivity contribution in [2.24, 2.45) is 5.92 Å². The Morgan fingerprint density at radius 3 is 2.87 bits per heavy atom. The van der Waals surface area contributed by atoms with Gasteiger partial charge < -0.3 is 5.32 Å². The van der Waals surface area contributed by atoms with E-state index >= 15 is 0 Å². The second-order valence-corrected chi connectivity index (χ2v) is 10.6. The van der Waals surface area contributed by atoms with Crippen LogP contribution in [0.5, 0.6) is 0 Å². The molecular weight excluding hydrogens is 446 g/mol. The minimum Gasteiger partial charge on any atom is -0.312 e. The molecule has 0 radical (unpaired) electrons. The highest BCUT2D eigenvalue weighted by Gasteiger charge is 2.25. The minimum atomic E-state index is -0.231. The summed E-state index contributed by atoms with van der Waals surface area (Å²) in [5, 5.41) is 14.2. The van der Waals surface area contributed by atoms with Crippen LogP contribution >= 0.6 is 34.3 Å². The third-order valence-electron chi connectivity index (χ3n) is 5.64. The minimum absolute atomic E-state index is 0.231. The van der Waals surface area contributed by atoms with Crippen molar-refractivity contribution < 1.29 is 4.79 Å². The van der Waals surface area contributed by atoms with Crippen LogP contribution in [-0.2, 0) is 12.8 Å². The molecule has 1 N–H and O–H groups in total. The topological polar surface area (TPSA) is 65.8 Å². The maximum Gasteiger partial charge on any atom is 0.257 e. The van der Waals surface area contributed by atoms with E-state index < -0.39 is 0 Å². The van der Waals surface area contributed by atoms with Crippen LogP contribution in [-0.4, -0.2) is 10.9 Å². The number of fused-ring (bicyclic) bond motifs is 2. The van der Waals surface area contributed by atoms with Gasteiger partial charge in [0.25, 0.3) is 5.91 Å². The number of nitrogens with zero attached hydrogens (tertiary/aromatic N) is 2. The van der Waals surface area contributed by atoms with Crippen LogP contribution in [0.3, 0.4) is 0 Å². The third-order valence-corrected chi connectivity index (χ3v) is 8.06. The number of benzene rings is 1. The lowest BCUT2D eigenvalue weighted by molar-refractivity contribution is 0.102. The number of halogens is 1. The Kier molecular flexibility index (Phi) is 5.27. The molecule has 1 amide bonds. The van der Waals surface area contributed by atoms with Crippen molar-refractivity contribution >= 4 is 56.1 Å². The Balaban J connectivity index is 1.57. The van der Waals surface area contributed by atoms with Gasteiger partial charge in [-0.25, -0.2) is 4.98 Å². The third kappa shape index (κ3) is 3.74. The Morgan fingerprint density at radius 2 is 2.10 bits per heavy atom. The molecule has 0 spiro atoms. The van der Waals surface area contributed by atoms with Crippen molar-refractivity contribution in [1.82, 2.24) is 4.98 Å². The number of anilines is 1. The van der Waals surface area contributed by atoms with Crippen LogP contribution in [0.15, 0.2) is 42.5 Å². The molecule has 1 atom stereocenters. The molecule has 3 aromatic heterocycles. The number of carbonyl (C=O) groups excluding carboxylic acids is 1. The first-order valence-corrected chi connectivity index (χ1v) is 12.1. The molecule has 5 rings (SSSR count). The van der Waals surface area contributed by atoms with Crippen LogP contribution in [0.4, 0.5) is 5.00 Å². The zero-order valence-corrected chi connectivity index (χ0v) is 19.1. The van der Waals surface area contributed by atoms with E-state index in [0.717, 1.165) is 40.6 Å². The first kappa shape index (κ1) is 20.2. The normalized spacial score (nSPS) is 15.5. The molecule has 7 heteroatoms. The molecule has 4 aromatic rings. The first-order chi connectivity index (χ1) is 15.0. The average Bonchev–Trinajstić information content (AvgIpc) is 3.35. The zero-order chi connectivity index (χ0) is 21.5. The van der Waals surface area contributed by atoms with Crippen molar-refractivity contribution in [3.63, 3.8) is 0 Å². The molecular formula is C24H18ClN3OS2. The summed E-state index contributed by atoms with van der Waals surface area (Å²) in [5.41, 5.74) is 3.71. The summed E-state index contributed by atoms with van der Waals surface area (Å²) in [5.74, 6) is 0.371. The molecule has 1 aliphatic carbocycles. The molecule has 0 fully saturated rings. The zero-order valence-electron chi connectivity index (χ0n) is 16.7. The number of carbonyl (C=O) groups is 1. The number of nitrogens with one attached hydrogen (secondary N) is 1. The van der Waals surface area contributed by atoms with E-state index in [-0.39, 0.29) is 5.91 Å². The van der Waals surface area contributed by atoms with Gasteiger partial charge in [-0.1, -0.05) is 36.7 Å². The monoisotopic (exact) mass is 463 g/mol. The van der Waals surface area contributed by atoms with Crippen LogP contribution < -0.4 is 5.32 Å². The van der Waals surface area contributed by atoms with E-state index in [4.69, 9.17) is 16.6 Å². The fourth-order valence-corrected chi connectivity index (χ4v) is 6.43. The Morgan fingerprint density at radius 1 is 1.26 bits per heavy atom. The van der Waals surface area contributed by atoms with E-state index in [9.17, 15) is 10.1 Å². The SMILES string of the molecule is C[C@@H]1CCc2c(sc(NC(=O)c3cc(-c4ccc(Cl)s4)nc4ccccc34)c2C#N)C1. The lowest BCUT2D eigenvalue weighted by Crippen LogP contribution is -2.13. The number of nitriles is 1. The maximum absolute atomic E-state index is 13.4. The number of amides is 1. The van der Waals surface area contributed by atoms with Gasteiger partial charge in [-0.15, -0.1) is 22.7 Å². The summed E-state index contributed by atoms with van der Waals surface area (Å²) in [6, 6.07) is 15.5. The summed E-state index contributed by atoms with van der Waals surface area (Å²) in [4.78, 5) is 20.3. The number of para-hydroxylation sites is 1. The lowest BCUT2D eigenvalue weighted by atomic mass is 9.88. The van der Waals surface area contributed by atoms with Crippen molar-refractivity contribution in [3.8, 4) is 16.6 Å². The molecule has 4 nitrogen and oxygen atoms in total. The summed E-state index contributed by atoms with van der Waals surface area (Å²) < 4.78 is 0.674. The van der Waals surface area contributed by atoms with Gasteiger partial charge in [0.2, 0.25) is 0 Å². The first-order valence-electron chi connectivity index (χ1n) is 10.0. The summed E-state index contributed by atoms with van der Waals surface area (Å²) >= 11 is 9.08. The molecule has 0 saturated carbocycles. The van der Waals surface area contributed by atoms with Gasteiger partial charge in [0, 0.05) is 10.3 Å². The molecule has 154 valence electrons. The van der Waals surface area contributed by atoms with Gasteiger partial charge in [0.15, 0.2) is 0 Å². The Bertz CT molecular complexity index is 1370. The van der Waals surface area contributed by atoms with Gasteiger partial charge in [-0.3, -0.25) is 4.79 Å². The number of thiophene rings is 2. The van der Waals surface area contributed by atoms with E-state index in [1.165, 1.54) is 27.6 Å². The van der Waals surface area contributed by atoms with Crippen LogP contribution in [0.2, 0.25) is 4.34 Å². The lowest BCUT2D eigenvalue weighted by Gasteiger charge is -2.17. The number of hydrogen-bond acceptors (Lipinski definition) is 5. The summed E-state index contributed by atoms with van der Waals surface area (Å²) in [6.07, 6.45) is 2.94. The number of aromatic nitrogens is 1. The standard InChI is InChI=1S/C24H18ClN3OS2/c1-13-6-7-15-17(12-26)24(31-21(15)10-13)28-23(29)16-11-19(20-8-9-22(25)30-20)27-18-5-3-2-4-14(16)18/h2-5,8-9,11,13H,6-7,10H2,1H3,(H,28,29)/t13-/m1/s1. The van der Waals surface area contributed by atoms with E-state index in [1.807, 2.05) is 42.5 Å². The molecule has 1 aliphatic rings. The second kappa shape index (κ2) is 8.08. The quantitative estimate of drug-likeness (QED) is 0.358. The predicted octanol–water partition coefficient (Wildman–Crippen LogP) is 6.93. The van der Waals surface area contributed by atoms with Crippen LogP contribution in [0.25, 0.3) is 21.5 Å². The summed E-state index contributed by atoms with van der Waals surface area (Å²) in [7, 11) is 0. The van der Waals surface area contributed by atoms with Crippen molar-refractivity contribution in [2.75, 3.05) is 5.32 Å². The van der Waals surface area contributed by atoms with E-state index in [0.29, 0.717) is 32.1 Å². The fraction of sp³-hybridized carbons (Fsp3) is 0.208. The maximum atomic E-state index is 13.4. The Hall–Kier alpha value is -2.72. The van der Waals surface area contributed by atoms with E-state index in [2.05, 4.69) is 18.3 Å². The van der Waals surface area contributed by atoms with Crippen molar-refractivity contribution in [2.45, 2.75) is 26.2 Å². The van der Waals surface area contributed by atoms with Crippen LogP contribution in [0.1, 0.15) is 39.7 Å². The van der Waals surface area contributed by atoms with Gasteiger partial charge in [-0.05, 0) is 55.0 Å². The molecule has 1 aromatic carbocycles. The molecule has 0 bridgehead atoms. The second-order valence-electron chi connectivity index (χ2n) is 7.80. The fourth-order valence-electron chi connectivity index (χ4n) is 4.07. The van der Waals surface area contributed by atoms with Crippen molar-refractivity contribution in [3.05, 3.63) is 68.4 Å². The molecule has 3 heterocycles. The average molecular weight is 464 g/mol. The van der Waals surface area contributed by atoms with Crippen molar-refractivity contribution in [1.29, 1.82) is 5.26 Å². The Labute approximate surface area is 193 Å². The molecule has 0 saturated heterocycles. The highest BCUT2D eigenvalue weighted by atomic mass is 35.5. The highest BCUT2D eigenvalue weighted by Crippen LogP contribution is 2.40. The molecule has 0 aliphatic heterocycles. The predicted molar refractivity (Wildman–Crippen MR) is 128 cm³/mol. The smallest absolute Gasteiger partial charge is 0.257 e. The van der Waals surface area contributed by atoms with E-state index in [1.54, 1.807) is 0 Å². The summed E-state index contributed by atoms with van der Waals surface area (Å²) in [6.45, 7) is 2.23. The van der Waals surface area contributed by atoms with Gasteiger partial charge >= 0.3 is 0 Å². The number of hydrogen-bond donors (Lipinski definition) is 1. The number of pyridine rings is 1. The number of rotatable bonds is 3. The highest BCUT2D eigenvalue weighted by molar-refractivity contribution is 7.19. The van der Waals surface area contributed by atoms with Gasteiger partial charge in [0.1, 0.15) is 11.1 Å². The van der Waals surface area contributed by atoms with Crippen LogP contribution in [0, 0.1) is 17.2 Å². The van der Waals surface area contributed by atoms with Gasteiger partial charge in [0.05, 0.1) is 31.6 Å². The molecule has 31 heavy (non-hydrogen) atoms. The van der Waals surface area contributed by atoms with Gasteiger partial charge in [-0.2, -0.15) is 5.26 Å². The largest absolute Gasteiger partial charge is 0.312 e.